The van der Waals surface area contributed by atoms with Crippen molar-refractivity contribution in [3.05, 3.63) is 24.3 Å². The molecule has 10 nitrogen and oxygen atoms in total. The summed E-state index contributed by atoms with van der Waals surface area (Å²) in [6.07, 6.45) is 11.5. The number of fused-ring (bicyclic) bond motifs is 1. The van der Waals surface area contributed by atoms with Gasteiger partial charge in [0, 0.05) is 18.9 Å². The smallest absolute Gasteiger partial charge is 0.326 e. The van der Waals surface area contributed by atoms with Gasteiger partial charge in [0.2, 0.25) is 11.8 Å². The largest absolute Gasteiger partial charge is 0.480 e. The molecule has 1 aliphatic heterocycles. The highest BCUT2D eigenvalue weighted by molar-refractivity contribution is 5.97. The molecule has 1 saturated heterocycles. The quantitative estimate of drug-likeness (QED) is 0.508. The molecule has 0 radical (unpaired) electrons. The van der Waals surface area contributed by atoms with Crippen LogP contribution >= 0.6 is 0 Å². The second kappa shape index (κ2) is 11.1. The average molecular weight is 514 g/mol. The van der Waals surface area contributed by atoms with Crippen LogP contribution in [0.1, 0.15) is 82.6 Å². The summed E-state index contributed by atoms with van der Waals surface area (Å²) in [5.41, 5.74) is -0.549. The zero-order valence-corrected chi connectivity index (χ0v) is 22.0. The summed E-state index contributed by atoms with van der Waals surface area (Å²) in [6, 6.07) is -2.63. The van der Waals surface area contributed by atoms with Crippen molar-refractivity contribution in [2.75, 3.05) is 6.54 Å². The molecule has 10 heteroatoms. The number of carbonyl (C=O) groups is 4. The molecule has 5 atom stereocenters. The van der Waals surface area contributed by atoms with E-state index in [-0.39, 0.29) is 29.4 Å². The normalized spacial score (nSPS) is 25.7. The molecule has 3 amide bonds. The van der Waals surface area contributed by atoms with Gasteiger partial charge in [0.15, 0.2) is 0 Å². The number of rotatable bonds is 7. The van der Waals surface area contributed by atoms with E-state index in [1.807, 2.05) is 20.8 Å². The fourth-order valence-corrected chi connectivity index (χ4v) is 6.39. The van der Waals surface area contributed by atoms with Gasteiger partial charge in [-0.1, -0.05) is 46.5 Å². The highest BCUT2D eigenvalue weighted by atomic mass is 16.4. The third kappa shape index (κ3) is 5.93. The highest BCUT2D eigenvalue weighted by Gasteiger charge is 2.52. The third-order valence-corrected chi connectivity index (χ3v) is 8.31. The van der Waals surface area contributed by atoms with Gasteiger partial charge in [0.25, 0.3) is 5.91 Å². The van der Waals surface area contributed by atoms with Gasteiger partial charge in [-0.15, -0.1) is 0 Å². The maximum atomic E-state index is 13.9. The van der Waals surface area contributed by atoms with Crippen LogP contribution < -0.4 is 10.6 Å². The monoisotopic (exact) mass is 513 g/mol. The van der Waals surface area contributed by atoms with Gasteiger partial charge in [-0.2, -0.15) is 0 Å². The van der Waals surface area contributed by atoms with Gasteiger partial charge >= 0.3 is 5.97 Å². The van der Waals surface area contributed by atoms with Crippen LogP contribution in [0.5, 0.6) is 0 Å². The van der Waals surface area contributed by atoms with E-state index in [0.717, 1.165) is 51.4 Å². The second-order valence-corrected chi connectivity index (χ2v) is 11.9. The molecule has 0 bridgehead atoms. The number of likely N-dealkylation sites (tertiary alicyclic amines) is 1. The fourth-order valence-electron chi connectivity index (χ4n) is 6.39. The van der Waals surface area contributed by atoms with Crippen LogP contribution in [0.3, 0.4) is 0 Å². The van der Waals surface area contributed by atoms with Crippen LogP contribution in [0.4, 0.5) is 0 Å². The van der Waals surface area contributed by atoms with Crippen LogP contribution in [0, 0.1) is 23.2 Å². The van der Waals surface area contributed by atoms with E-state index in [2.05, 4.69) is 20.6 Å². The van der Waals surface area contributed by atoms with Gasteiger partial charge in [0.1, 0.15) is 23.8 Å². The summed E-state index contributed by atoms with van der Waals surface area (Å²) in [5.74, 6) is -2.20. The number of hydrogen-bond donors (Lipinski definition) is 3. The van der Waals surface area contributed by atoms with Crippen molar-refractivity contribution in [3.63, 3.8) is 0 Å². The van der Waals surface area contributed by atoms with Gasteiger partial charge < -0.3 is 20.6 Å². The van der Waals surface area contributed by atoms with Crippen molar-refractivity contribution >= 4 is 23.7 Å². The predicted octanol–water partition coefficient (Wildman–Crippen LogP) is 2.40. The molecule has 0 aromatic carbocycles. The maximum Gasteiger partial charge on any atom is 0.326 e. The Balaban J connectivity index is 1.56. The summed E-state index contributed by atoms with van der Waals surface area (Å²) in [5, 5.41) is 15.8. The molecule has 0 spiro atoms. The van der Waals surface area contributed by atoms with Crippen molar-refractivity contribution in [2.45, 2.75) is 90.3 Å². The van der Waals surface area contributed by atoms with Crippen LogP contribution in [0.15, 0.2) is 18.6 Å². The maximum absolute atomic E-state index is 13.9. The molecule has 1 aromatic heterocycles. The molecule has 3 unspecified atom stereocenters. The highest BCUT2D eigenvalue weighted by Crippen LogP contribution is 2.43. The van der Waals surface area contributed by atoms with Crippen molar-refractivity contribution in [1.82, 2.24) is 25.5 Å². The first-order chi connectivity index (χ1) is 17.6. The molecule has 2 saturated carbocycles. The van der Waals surface area contributed by atoms with E-state index in [1.54, 1.807) is 0 Å². The van der Waals surface area contributed by atoms with Crippen LogP contribution in [0.25, 0.3) is 0 Å². The fraction of sp³-hybridized carbons (Fsp3) is 0.704. The first-order valence-corrected chi connectivity index (χ1v) is 13.5. The zero-order valence-electron chi connectivity index (χ0n) is 22.0. The lowest BCUT2D eigenvalue weighted by Gasteiger charge is -2.37. The standard InChI is InChI=1S/C27H39N5O5/c1-27(2,3)22(25(35)32-15-17-10-7-11-18(17)21(32)26(36)37)31-24(34)20(16-8-5-4-6-9-16)30-23(33)19-14-28-12-13-29-19/h12-14,16-18,20-22H,4-11,15H2,1-3H3,(H,30,33)(H,31,34)(H,36,37)/t17?,18?,20-,21-,22?/m0/s1. The van der Waals surface area contributed by atoms with Gasteiger partial charge in [-0.25, -0.2) is 9.78 Å². The summed E-state index contributed by atoms with van der Waals surface area (Å²) in [4.78, 5) is 62.2. The summed E-state index contributed by atoms with van der Waals surface area (Å²) in [6.45, 7) is 5.97. The number of carbonyl (C=O) groups excluding carboxylic acids is 3. The summed E-state index contributed by atoms with van der Waals surface area (Å²) in [7, 11) is 0. The number of carboxylic acids is 1. The summed E-state index contributed by atoms with van der Waals surface area (Å²) < 4.78 is 0. The Kier molecular flexibility index (Phi) is 8.14. The molecule has 37 heavy (non-hydrogen) atoms. The first-order valence-electron chi connectivity index (χ1n) is 13.5. The number of aliphatic carboxylic acids is 1. The molecule has 3 aliphatic rings. The van der Waals surface area contributed by atoms with E-state index in [0.29, 0.717) is 6.54 Å². The number of nitrogens with zero attached hydrogens (tertiary/aromatic N) is 3. The van der Waals surface area contributed by atoms with Crippen molar-refractivity contribution in [1.29, 1.82) is 0 Å². The van der Waals surface area contributed by atoms with Crippen molar-refractivity contribution in [2.24, 2.45) is 23.2 Å². The van der Waals surface area contributed by atoms with E-state index in [4.69, 9.17) is 0 Å². The third-order valence-electron chi connectivity index (χ3n) is 8.31. The average Bonchev–Trinajstić information content (AvgIpc) is 3.47. The van der Waals surface area contributed by atoms with E-state index in [1.165, 1.54) is 23.5 Å². The van der Waals surface area contributed by atoms with Gasteiger partial charge in [-0.05, 0) is 48.9 Å². The molecular weight excluding hydrogens is 474 g/mol. The van der Waals surface area contributed by atoms with E-state index < -0.39 is 41.3 Å². The number of hydrogen-bond acceptors (Lipinski definition) is 6. The molecule has 2 aliphatic carbocycles. The molecular formula is C27H39N5O5. The predicted molar refractivity (Wildman–Crippen MR) is 135 cm³/mol. The molecule has 3 fully saturated rings. The van der Waals surface area contributed by atoms with Crippen LogP contribution in [-0.4, -0.2) is 68.3 Å². The number of amides is 3. The Labute approximate surface area is 218 Å². The Bertz CT molecular complexity index is 1000. The molecule has 202 valence electrons. The number of carboxylic acid groups (broad SMARTS) is 1. The number of nitrogens with one attached hydrogen (secondary N) is 2. The summed E-state index contributed by atoms with van der Waals surface area (Å²) >= 11 is 0. The van der Waals surface area contributed by atoms with Gasteiger partial charge in [0.05, 0.1) is 6.20 Å². The Morgan fingerprint density at radius 3 is 2.35 bits per heavy atom. The Morgan fingerprint density at radius 1 is 1.00 bits per heavy atom. The van der Waals surface area contributed by atoms with Crippen LogP contribution in [0.2, 0.25) is 0 Å². The molecule has 2 heterocycles. The van der Waals surface area contributed by atoms with Crippen molar-refractivity contribution in [3.8, 4) is 0 Å². The SMILES string of the molecule is CC(C)(C)C(NC(=O)[C@@H](NC(=O)c1cnccn1)C1CCCCC1)C(=O)N1CC2CCCC2[C@H]1C(=O)O. The zero-order chi connectivity index (χ0) is 26.7. The minimum absolute atomic E-state index is 0.0426. The lowest BCUT2D eigenvalue weighted by atomic mass is 9.82. The lowest BCUT2D eigenvalue weighted by Crippen LogP contribution is -2.61. The minimum atomic E-state index is -0.988. The van der Waals surface area contributed by atoms with Crippen molar-refractivity contribution < 1.29 is 24.3 Å². The Morgan fingerprint density at radius 2 is 1.73 bits per heavy atom. The molecule has 3 N–H and O–H groups in total. The Hall–Kier alpha value is -3.04. The van der Waals surface area contributed by atoms with Gasteiger partial charge in [-0.3, -0.25) is 19.4 Å². The first kappa shape index (κ1) is 27.0. The van der Waals surface area contributed by atoms with E-state index >= 15 is 0 Å². The topological polar surface area (TPSA) is 142 Å². The molecule has 1 aromatic rings. The van der Waals surface area contributed by atoms with Crippen LogP contribution in [-0.2, 0) is 14.4 Å². The number of aromatic nitrogens is 2. The van der Waals surface area contributed by atoms with E-state index in [9.17, 15) is 24.3 Å². The lowest BCUT2D eigenvalue weighted by molar-refractivity contribution is -0.152. The molecule has 4 rings (SSSR count). The second-order valence-electron chi connectivity index (χ2n) is 11.9. The minimum Gasteiger partial charge on any atom is -0.480 e.